The molecule has 0 aromatic heterocycles. The topological polar surface area (TPSA) is 89.3 Å². The van der Waals surface area contributed by atoms with E-state index in [-0.39, 0.29) is 18.4 Å². The fourth-order valence-electron chi connectivity index (χ4n) is 1.32. The smallest absolute Gasteiger partial charge is 0.245 e. The van der Waals surface area contributed by atoms with Crippen molar-refractivity contribution < 1.29 is 13.2 Å². The van der Waals surface area contributed by atoms with Crippen LogP contribution in [-0.4, -0.2) is 25.3 Å². The molecule has 1 amide bonds. The minimum atomic E-state index is -3.48. The van der Waals surface area contributed by atoms with Crippen molar-refractivity contribution in [2.24, 2.45) is 5.73 Å². The highest BCUT2D eigenvalue weighted by molar-refractivity contribution is 7.92. The van der Waals surface area contributed by atoms with Gasteiger partial charge in [-0.15, -0.1) is 12.4 Å². The molecule has 0 bridgehead atoms. The molecule has 0 aliphatic rings. The van der Waals surface area contributed by atoms with Crippen molar-refractivity contribution >= 4 is 33.8 Å². The SMILES string of the molecule is CC(N)c1ccc(NC(=O)C(C)(C)S(C)(=O)=O)cc1.Cl. The van der Waals surface area contributed by atoms with Crippen molar-refractivity contribution in [2.45, 2.75) is 31.6 Å². The number of nitrogens with two attached hydrogens (primary N) is 1. The van der Waals surface area contributed by atoms with Crippen LogP contribution >= 0.6 is 12.4 Å². The Morgan fingerprint density at radius 1 is 1.25 bits per heavy atom. The molecule has 1 aromatic rings. The zero-order chi connectivity index (χ0) is 14.8. The summed E-state index contributed by atoms with van der Waals surface area (Å²) in [5.41, 5.74) is 7.22. The third kappa shape index (κ3) is 4.19. The monoisotopic (exact) mass is 320 g/mol. The van der Waals surface area contributed by atoms with E-state index >= 15 is 0 Å². The van der Waals surface area contributed by atoms with Crippen molar-refractivity contribution in [3.8, 4) is 0 Å². The van der Waals surface area contributed by atoms with Gasteiger partial charge in [0.1, 0.15) is 4.75 Å². The summed E-state index contributed by atoms with van der Waals surface area (Å²) in [7, 11) is -3.48. The van der Waals surface area contributed by atoms with Crippen LogP contribution in [0, 0.1) is 0 Å². The number of hydrogen-bond donors (Lipinski definition) is 2. The Morgan fingerprint density at radius 2 is 1.70 bits per heavy atom. The molecule has 20 heavy (non-hydrogen) atoms. The summed E-state index contributed by atoms with van der Waals surface area (Å²) in [5, 5.41) is 2.60. The molecule has 0 heterocycles. The quantitative estimate of drug-likeness (QED) is 0.886. The number of sulfone groups is 1. The Labute approximate surface area is 126 Å². The predicted molar refractivity (Wildman–Crippen MR) is 83.8 cm³/mol. The molecule has 1 aromatic carbocycles. The van der Waals surface area contributed by atoms with E-state index in [2.05, 4.69) is 5.32 Å². The average molecular weight is 321 g/mol. The van der Waals surface area contributed by atoms with E-state index in [9.17, 15) is 13.2 Å². The van der Waals surface area contributed by atoms with Gasteiger partial charge in [-0.1, -0.05) is 12.1 Å². The van der Waals surface area contributed by atoms with E-state index in [4.69, 9.17) is 5.73 Å². The van der Waals surface area contributed by atoms with E-state index in [0.717, 1.165) is 11.8 Å². The lowest BCUT2D eigenvalue weighted by atomic mass is 10.1. The first-order valence-corrected chi connectivity index (χ1v) is 7.81. The van der Waals surface area contributed by atoms with Gasteiger partial charge in [0.05, 0.1) is 0 Å². The average Bonchev–Trinajstić information content (AvgIpc) is 2.28. The minimum absolute atomic E-state index is 0. The molecule has 5 nitrogen and oxygen atoms in total. The Bertz CT molecular complexity index is 566. The van der Waals surface area contributed by atoms with E-state index in [1.54, 1.807) is 24.3 Å². The molecule has 1 atom stereocenters. The zero-order valence-corrected chi connectivity index (χ0v) is 13.6. The number of halogens is 1. The lowest BCUT2D eigenvalue weighted by molar-refractivity contribution is -0.117. The first-order valence-electron chi connectivity index (χ1n) is 5.92. The number of benzene rings is 1. The van der Waals surface area contributed by atoms with Gasteiger partial charge in [-0.2, -0.15) is 0 Å². The molecule has 0 aliphatic carbocycles. The van der Waals surface area contributed by atoms with Gasteiger partial charge in [-0.05, 0) is 38.5 Å². The number of hydrogen-bond acceptors (Lipinski definition) is 4. The van der Waals surface area contributed by atoms with Crippen LogP contribution in [0.15, 0.2) is 24.3 Å². The summed E-state index contributed by atoms with van der Waals surface area (Å²) in [6, 6.07) is 6.92. The molecule has 0 radical (unpaired) electrons. The van der Waals surface area contributed by atoms with Gasteiger partial charge in [0, 0.05) is 18.0 Å². The number of amides is 1. The molecule has 1 unspecified atom stereocenters. The molecular weight excluding hydrogens is 300 g/mol. The summed E-state index contributed by atoms with van der Waals surface area (Å²) in [6.45, 7) is 4.63. The minimum Gasteiger partial charge on any atom is -0.325 e. The van der Waals surface area contributed by atoms with Crippen LogP contribution in [0.1, 0.15) is 32.4 Å². The predicted octanol–water partition coefficient (Wildman–Crippen LogP) is 1.89. The Kier molecular flexibility index (Phi) is 6.20. The van der Waals surface area contributed by atoms with Crippen LogP contribution in [0.5, 0.6) is 0 Å². The number of rotatable bonds is 4. The normalized spacial score (nSPS) is 13.2. The molecule has 0 saturated carbocycles. The lowest BCUT2D eigenvalue weighted by Gasteiger charge is -2.21. The Hall–Kier alpha value is -1.11. The maximum atomic E-state index is 12.0. The van der Waals surface area contributed by atoms with Gasteiger partial charge >= 0.3 is 0 Å². The lowest BCUT2D eigenvalue weighted by Crippen LogP contribution is -2.43. The molecule has 3 N–H and O–H groups in total. The highest BCUT2D eigenvalue weighted by Crippen LogP contribution is 2.19. The second-order valence-electron chi connectivity index (χ2n) is 5.15. The number of carbonyl (C=O) groups is 1. The maximum Gasteiger partial charge on any atom is 0.245 e. The van der Waals surface area contributed by atoms with E-state index in [1.165, 1.54) is 13.8 Å². The number of anilines is 1. The fourth-order valence-corrected chi connectivity index (χ4v) is 1.71. The molecule has 1 rings (SSSR count). The first kappa shape index (κ1) is 18.9. The van der Waals surface area contributed by atoms with Crippen LogP contribution < -0.4 is 11.1 Å². The number of carbonyl (C=O) groups excluding carboxylic acids is 1. The standard InChI is InChI=1S/C13H20N2O3S.ClH/c1-9(14)10-5-7-11(8-6-10)15-12(16)13(2,3)19(4,17)18;/h5-9H,14H2,1-4H3,(H,15,16);1H. The molecule has 0 spiro atoms. The van der Waals surface area contributed by atoms with Crippen LogP contribution in [0.25, 0.3) is 0 Å². The van der Waals surface area contributed by atoms with Gasteiger partial charge in [-0.25, -0.2) is 8.42 Å². The molecule has 7 heteroatoms. The molecular formula is C13H21ClN2O3S. The number of nitrogens with one attached hydrogen (secondary N) is 1. The fraction of sp³-hybridized carbons (Fsp3) is 0.462. The second kappa shape index (κ2) is 6.56. The maximum absolute atomic E-state index is 12.0. The largest absolute Gasteiger partial charge is 0.325 e. The van der Waals surface area contributed by atoms with Crippen LogP contribution in [0.2, 0.25) is 0 Å². The molecule has 0 saturated heterocycles. The molecule has 0 aliphatic heterocycles. The summed E-state index contributed by atoms with van der Waals surface area (Å²) < 4.78 is 21.6. The molecule has 0 fully saturated rings. The second-order valence-corrected chi connectivity index (χ2v) is 7.71. The third-order valence-electron chi connectivity index (χ3n) is 3.17. The summed E-state index contributed by atoms with van der Waals surface area (Å²) >= 11 is 0. The van der Waals surface area contributed by atoms with Gasteiger partial charge < -0.3 is 11.1 Å². The van der Waals surface area contributed by atoms with Gasteiger partial charge in [0.2, 0.25) is 5.91 Å². The highest BCUT2D eigenvalue weighted by Gasteiger charge is 2.38. The van der Waals surface area contributed by atoms with Crippen LogP contribution in [-0.2, 0) is 14.6 Å². The van der Waals surface area contributed by atoms with Crippen LogP contribution in [0.3, 0.4) is 0 Å². The zero-order valence-electron chi connectivity index (χ0n) is 12.0. The Balaban J connectivity index is 0.00000361. The highest BCUT2D eigenvalue weighted by atomic mass is 35.5. The Morgan fingerprint density at radius 3 is 2.05 bits per heavy atom. The van der Waals surface area contributed by atoms with Gasteiger partial charge in [-0.3, -0.25) is 4.79 Å². The van der Waals surface area contributed by atoms with E-state index < -0.39 is 20.5 Å². The van der Waals surface area contributed by atoms with Gasteiger partial charge in [0.25, 0.3) is 0 Å². The van der Waals surface area contributed by atoms with Crippen molar-refractivity contribution in [1.29, 1.82) is 0 Å². The van der Waals surface area contributed by atoms with Gasteiger partial charge in [0.15, 0.2) is 9.84 Å². The van der Waals surface area contributed by atoms with Crippen molar-refractivity contribution in [1.82, 2.24) is 0 Å². The first-order chi connectivity index (χ1) is 8.55. The third-order valence-corrected chi connectivity index (χ3v) is 5.21. The summed E-state index contributed by atoms with van der Waals surface area (Å²) in [5.74, 6) is -0.552. The van der Waals surface area contributed by atoms with Crippen molar-refractivity contribution in [3.63, 3.8) is 0 Å². The summed E-state index contributed by atoms with van der Waals surface area (Å²) in [6.07, 6.45) is 1.05. The van der Waals surface area contributed by atoms with Crippen molar-refractivity contribution in [2.75, 3.05) is 11.6 Å². The van der Waals surface area contributed by atoms with E-state index in [1.807, 2.05) is 6.92 Å². The summed E-state index contributed by atoms with van der Waals surface area (Å²) in [4.78, 5) is 12.0. The van der Waals surface area contributed by atoms with E-state index in [0.29, 0.717) is 5.69 Å². The van der Waals surface area contributed by atoms with Crippen LogP contribution in [0.4, 0.5) is 5.69 Å². The van der Waals surface area contributed by atoms with Crippen molar-refractivity contribution in [3.05, 3.63) is 29.8 Å². The molecule has 114 valence electrons.